The Labute approximate surface area is 152 Å². The number of rotatable bonds is 5. The summed E-state index contributed by atoms with van der Waals surface area (Å²) >= 11 is 0. The number of hydrogen-bond donors (Lipinski definition) is 0. The van der Waals surface area contributed by atoms with Crippen LogP contribution in [0.5, 0.6) is 5.75 Å². The van der Waals surface area contributed by atoms with Gasteiger partial charge in [0, 0.05) is 18.1 Å². The normalized spacial score (nSPS) is 20.7. The summed E-state index contributed by atoms with van der Waals surface area (Å²) in [5.74, 6) is -1.02. The lowest BCUT2D eigenvalue weighted by atomic mass is 9.81. The summed E-state index contributed by atoms with van der Waals surface area (Å²) in [5, 5.41) is 0. The van der Waals surface area contributed by atoms with Crippen LogP contribution in [0.1, 0.15) is 51.0 Å². The van der Waals surface area contributed by atoms with E-state index in [1.807, 2.05) is 0 Å². The molecule has 1 saturated carbocycles. The minimum atomic E-state index is -4.93. The van der Waals surface area contributed by atoms with Gasteiger partial charge in [-0.1, -0.05) is 38.5 Å². The van der Waals surface area contributed by atoms with Crippen molar-refractivity contribution in [3.63, 3.8) is 0 Å². The number of alkyl halides is 5. The van der Waals surface area contributed by atoms with E-state index in [4.69, 9.17) is 0 Å². The van der Waals surface area contributed by atoms with Gasteiger partial charge >= 0.3 is 12.3 Å². The fraction of sp³-hybridized carbons (Fsp3) is 0.579. The monoisotopic (exact) mass is 396 g/mol. The molecule has 1 fully saturated rings. The zero-order chi connectivity index (χ0) is 20.2. The Morgan fingerprint density at radius 1 is 1.00 bits per heavy atom. The Kier molecular flexibility index (Phi) is 6.66. The minimum Gasteiger partial charge on any atom is -0.432 e. The van der Waals surface area contributed by atoms with Gasteiger partial charge in [0.15, 0.2) is 0 Å². The van der Waals surface area contributed by atoms with Gasteiger partial charge in [0.1, 0.15) is 17.4 Å². The molecule has 0 amide bonds. The first-order chi connectivity index (χ1) is 12.5. The molecule has 0 saturated heterocycles. The van der Waals surface area contributed by atoms with Gasteiger partial charge in [0.2, 0.25) is 0 Å². The average Bonchev–Trinajstić information content (AvgIpc) is 2.52. The molecule has 0 heterocycles. The van der Waals surface area contributed by atoms with Crippen molar-refractivity contribution in [3.8, 4) is 17.6 Å². The Morgan fingerprint density at radius 3 is 2.07 bits per heavy atom. The molecule has 1 aromatic carbocycles. The molecule has 0 radical (unpaired) electrons. The molecule has 0 aromatic heterocycles. The molecular formula is C19H19F7O. The maximum absolute atomic E-state index is 14.0. The molecule has 1 aliphatic rings. The van der Waals surface area contributed by atoms with Crippen LogP contribution in [-0.4, -0.2) is 12.3 Å². The summed E-state index contributed by atoms with van der Waals surface area (Å²) in [6.07, 6.45) is -5.29. The first kappa shape index (κ1) is 21.4. The van der Waals surface area contributed by atoms with Crippen LogP contribution < -0.4 is 4.74 Å². The van der Waals surface area contributed by atoms with Gasteiger partial charge in [-0.3, -0.25) is 0 Å². The molecular weight excluding hydrogens is 377 g/mol. The lowest BCUT2D eigenvalue weighted by molar-refractivity contribution is -0.183. The second-order valence-electron chi connectivity index (χ2n) is 6.91. The zero-order valence-electron chi connectivity index (χ0n) is 14.6. The second-order valence-corrected chi connectivity index (χ2v) is 6.91. The summed E-state index contributed by atoms with van der Waals surface area (Å²) in [6.45, 7) is 2.11. The smallest absolute Gasteiger partial charge is 0.432 e. The van der Waals surface area contributed by atoms with E-state index in [1.165, 1.54) is 5.92 Å². The minimum absolute atomic E-state index is 0.157. The molecule has 2 rings (SSSR count). The van der Waals surface area contributed by atoms with Gasteiger partial charge < -0.3 is 4.74 Å². The molecule has 1 aliphatic carbocycles. The fourth-order valence-electron chi connectivity index (χ4n) is 3.07. The highest BCUT2D eigenvalue weighted by atomic mass is 19.4. The molecule has 0 atom stereocenters. The summed E-state index contributed by atoms with van der Waals surface area (Å²) in [5.41, 5.74) is -1.15. The summed E-state index contributed by atoms with van der Waals surface area (Å²) < 4.78 is 95.9. The highest BCUT2D eigenvalue weighted by Gasteiger charge is 2.33. The Hall–Kier alpha value is -1.91. The van der Waals surface area contributed by atoms with Crippen LogP contribution >= 0.6 is 0 Å². The first-order valence-electron chi connectivity index (χ1n) is 8.61. The highest BCUT2D eigenvalue weighted by Crippen LogP contribution is 2.35. The molecule has 8 heteroatoms. The maximum atomic E-state index is 14.0. The number of hydrogen-bond acceptors (Lipinski definition) is 1. The summed E-state index contributed by atoms with van der Waals surface area (Å²) in [4.78, 5) is 0. The van der Waals surface area contributed by atoms with Crippen molar-refractivity contribution in [1.29, 1.82) is 0 Å². The van der Waals surface area contributed by atoms with Crippen molar-refractivity contribution in [2.45, 2.75) is 57.7 Å². The lowest BCUT2D eigenvalue weighted by Gasteiger charge is -2.27. The van der Waals surface area contributed by atoms with Crippen LogP contribution in [0, 0.1) is 35.3 Å². The second kappa shape index (κ2) is 8.41. The molecule has 0 spiro atoms. The number of halogens is 7. The molecule has 27 heavy (non-hydrogen) atoms. The van der Waals surface area contributed by atoms with Crippen molar-refractivity contribution in [2.24, 2.45) is 11.8 Å². The van der Waals surface area contributed by atoms with Gasteiger partial charge in [-0.05, 0) is 18.3 Å². The maximum Gasteiger partial charge on any atom is 0.458 e. The largest absolute Gasteiger partial charge is 0.458 e. The number of ether oxygens (including phenoxy) is 1. The van der Waals surface area contributed by atoms with Crippen LogP contribution in [0.2, 0.25) is 0 Å². The van der Waals surface area contributed by atoms with E-state index in [2.05, 4.69) is 11.7 Å². The van der Waals surface area contributed by atoms with Crippen LogP contribution in [0.3, 0.4) is 0 Å². The molecule has 1 nitrogen and oxygen atoms in total. The number of benzene rings is 1. The lowest BCUT2D eigenvalue weighted by Crippen LogP contribution is -2.26. The van der Waals surface area contributed by atoms with Crippen molar-refractivity contribution in [3.05, 3.63) is 29.3 Å². The van der Waals surface area contributed by atoms with Crippen LogP contribution in [-0.2, 0) is 0 Å². The SMILES string of the molecule is CC1CCC(CCC(F)(F)Oc2cc(F)c(C#CC(F)(F)F)c(F)c2)CC1. The van der Waals surface area contributed by atoms with E-state index in [0.29, 0.717) is 18.1 Å². The molecule has 0 bridgehead atoms. The van der Waals surface area contributed by atoms with Crippen molar-refractivity contribution in [2.75, 3.05) is 0 Å². The first-order valence-corrected chi connectivity index (χ1v) is 8.61. The predicted molar refractivity (Wildman–Crippen MR) is 85.2 cm³/mol. The van der Waals surface area contributed by atoms with Crippen molar-refractivity contribution < 1.29 is 35.5 Å². The highest BCUT2D eigenvalue weighted by molar-refractivity contribution is 5.41. The topological polar surface area (TPSA) is 9.23 Å². The molecule has 150 valence electrons. The van der Waals surface area contributed by atoms with Gasteiger partial charge in [-0.15, -0.1) is 0 Å². The third-order valence-electron chi connectivity index (χ3n) is 4.59. The third kappa shape index (κ3) is 6.96. The Morgan fingerprint density at radius 2 is 1.56 bits per heavy atom. The van der Waals surface area contributed by atoms with Gasteiger partial charge in [-0.25, -0.2) is 8.78 Å². The third-order valence-corrected chi connectivity index (χ3v) is 4.59. The molecule has 1 aromatic rings. The van der Waals surface area contributed by atoms with E-state index in [9.17, 15) is 30.7 Å². The fourth-order valence-corrected chi connectivity index (χ4v) is 3.07. The van der Waals surface area contributed by atoms with Gasteiger partial charge in [-0.2, -0.15) is 22.0 Å². The van der Waals surface area contributed by atoms with Crippen molar-refractivity contribution >= 4 is 0 Å². The molecule has 0 N–H and O–H groups in total. The van der Waals surface area contributed by atoms with Gasteiger partial charge in [0.25, 0.3) is 0 Å². The molecule has 0 unspecified atom stereocenters. The quantitative estimate of drug-likeness (QED) is 0.410. The Bertz CT molecular complexity index is 684. The predicted octanol–water partition coefficient (Wildman–Crippen LogP) is 6.46. The van der Waals surface area contributed by atoms with Gasteiger partial charge in [0.05, 0.1) is 12.0 Å². The van der Waals surface area contributed by atoms with Crippen LogP contribution in [0.15, 0.2) is 12.1 Å². The zero-order valence-corrected chi connectivity index (χ0v) is 14.6. The van der Waals surface area contributed by atoms with Crippen LogP contribution in [0.4, 0.5) is 30.7 Å². The summed E-state index contributed by atoms with van der Waals surface area (Å²) in [7, 11) is 0. The summed E-state index contributed by atoms with van der Waals surface area (Å²) in [6, 6.07) is 0.805. The standard InChI is InChI=1S/C19H19F7O/c1-12-2-4-13(5-3-12)6-9-19(25,26)27-14-10-16(20)15(17(21)11-14)7-8-18(22,23)24/h10-13H,2-6,9H2,1H3. The van der Waals surface area contributed by atoms with E-state index in [0.717, 1.165) is 31.6 Å². The Balaban J connectivity index is 2.02. The van der Waals surface area contributed by atoms with E-state index in [-0.39, 0.29) is 12.3 Å². The van der Waals surface area contributed by atoms with E-state index < -0.39 is 41.7 Å². The van der Waals surface area contributed by atoms with Crippen LogP contribution in [0.25, 0.3) is 0 Å². The molecule has 0 aliphatic heterocycles. The van der Waals surface area contributed by atoms with Crippen molar-refractivity contribution in [1.82, 2.24) is 0 Å². The van der Waals surface area contributed by atoms with E-state index >= 15 is 0 Å². The van der Waals surface area contributed by atoms with E-state index in [1.54, 1.807) is 0 Å². The average molecular weight is 396 g/mol.